The highest BCUT2D eigenvalue weighted by atomic mass is 32.2. The summed E-state index contributed by atoms with van der Waals surface area (Å²) in [4.78, 5) is 34.1. The quantitative estimate of drug-likeness (QED) is 0.0600. The van der Waals surface area contributed by atoms with Crippen LogP contribution in [0.1, 0.15) is 42.2 Å². The molecule has 0 aromatic heterocycles. The predicted octanol–water partition coefficient (Wildman–Crippen LogP) is 3.60. The molecule has 0 atom stereocenters. The predicted molar refractivity (Wildman–Crippen MR) is 131 cm³/mol. The standard InChI is InChI=1S/C23H18N4O10S/c1-11-8-13(38(35,36)37)10-18(19(11)28)25-27-20(14-4-2-3-5-15(14)22(31)32)26-24-17-9-12(21(29)30)6-7-16(17)23(33)34/h2-10,25,28H,1H3,(H,29,30)(H,31,32)(H,33,34)(H,35,36,37). The summed E-state index contributed by atoms with van der Waals surface area (Å²) in [5, 5.41) is 50.1. The average molecular weight is 542 g/mol. The fourth-order valence-electron chi connectivity index (χ4n) is 3.12. The van der Waals surface area contributed by atoms with Crippen molar-refractivity contribution in [2.24, 2.45) is 15.3 Å². The van der Waals surface area contributed by atoms with Crippen molar-refractivity contribution in [3.8, 4) is 5.75 Å². The number of aromatic hydroxyl groups is 1. The monoisotopic (exact) mass is 542 g/mol. The minimum atomic E-state index is -4.67. The van der Waals surface area contributed by atoms with Crippen LogP contribution in [0.2, 0.25) is 0 Å². The molecular formula is C23H18N4O10S. The van der Waals surface area contributed by atoms with E-state index >= 15 is 0 Å². The van der Waals surface area contributed by atoms with Crippen molar-refractivity contribution < 1.29 is 47.8 Å². The molecule has 15 heteroatoms. The third kappa shape index (κ3) is 6.15. The van der Waals surface area contributed by atoms with Crippen molar-refractivity contribution in [3.05, 3.63) is 82.4 Å². The molecule has 0 bridgehead atoms. The van der Waals surface area contributed by atoms with Gasteiger partial charge >= 0.3 is 17.9 Å². The number of carboxylic acids is 3. The van der Waals surface area contributed by atoms with Crippen LogP contribution in [0.5, 0.6) is 5.75 Å². The lowest BCUT2D eigenvalue weighted by molar-refractivity contribution is 0.0682. The molecule has 3 aromatic carbocycles. The number of rotatable bonds is 8. The van der Waals surface area contributed by atoms with Gasteiger partial charge in [-0.1, -0.05) is 18.2 Å². The molecule has 0 fully saturated rings. The highest BCUT2D eigenvalue weighted by Gasteiger charge is 2.19. The van der Waals surface area contributed by atoms with Crippen LogP contribution in [0.3, 0.4) is 0 Å². The Morgan fingerprint density at radius 1 is 0.842 bits per heavy atom. The van der Waals surface area contributed by atoms with Crippen molar-refractivity contribution in [3.63, 3.8) is 0 Å². The summed E-state index contributed by atoms with van der Waals surface area (Å²) in [5.74, 6) is -5.11. The molecule has 38 heavy (non-hydrogen) atoms. The lowest BCUT2D eigenvalue weighted by Gasteiger charge is -2.10. The second kappa shape index (κ2) is 10.9. The molecule has 0 saturated heterocycles. The molecule has 3 aromatic rings. The Hall–Kier alpha value is -5.15. The van der Waals surface area contributed by atoms with E-state index in [1.165, 1.54) is 31.2 Å². The number of hydrogen-bond acceptors (Lipinski definition) is 9. The summed E-state index contributed by atoms with van der Waals surface area (Å²) >= 11 is 0. The van der Waals surface area contributed by atoms with Crippen LogP contribution >= 0.6 is 0 Å². The van der Waals surface area contributed by atoms with Crippen LogP contribution in [0, 0.1) is 6.92 Å². The molecule has 14 nitrogen and oxygen atoms in total. The maximum atomic E-state index is 11.8. The number of phenolic OH excluding ortho intramolecular Hbond substituents is 1. The Morgan fingerprint density at radius 3 is 2.05 bits per heavy atom. The summed E-state index contributed by atoms with van der Waals surface area (Å²) in [5.41, 5.74) is 0.569. The average Bonchev–Trinajstić information content (AvgIpc) is 2.85. The maximum absolute atomic E-state index is 11.8. The Balaban J connectivity index is 2.20. The first-order valence-electron chi connectivity index (χ1n) is 10.3. The van der Waals surface area contributed by atoms with Crippen molar-refractivity contribution in [2.45, 2.75) is 11.8 Å². The number of hydrazone groups is 1. The minimum absolute atomic E-state index is 0.0449. The number of azo groups is 1. The Labute approximate surface area is 214 Å². The van der Waals surface area contributed by atoms with Gasteiger partial charge in [0.15, 0.2) is 0 Å². The van der Waals surface area contributed by atoms with Crippen LogP contribution in [-0.4, -0.2) is 57.1 Å². The van der Waals surface area contributed by atoms with Gasteiger partial charge in [-0.2, -0.15) is 13.5 Å². The SMILES string of the molecule is Cc1cc(S(=O)(=O)O)cc(NN=C(N=Nc2cc(C(=O)O)ccc2C(=O)O)c2ccccc2C(=O)O)c1O. The van der Waals surface area contributed by atoms with E-state index in [1.807, 2.05) is 0 Å². The molecular weight excluding hydrogens is 524 g/mol. The summed E-state index contributed by atoms with van der Waals surface area (Å²) in [7, 11) is -4.67. The molecule has 3 rings (SSSR count). The number of benzene rings is 3. The van der Waals surface area contributed by atoms with Crippen LogP contribution in [0.25, 0.3) is 0 Å². The molecule has 0 saturated carbocycles. The number of phenols is 1. The van der Waals surface area contributed by atoms with Crippen molar-refractivity contribution in [2.75, 3.05) is 5.43 Å². The maximum Gasteiger partial charge on any atom is 0.337 e. The van der Waals surface area contributed by atoms with Crippen LogP contribution in [0.4, 0.5) is 11.4 Å². The van der Waals surface area contributed by atoms with Gasteiger partial charge in [0.25, 0.3) is 10.1 Å². The molecule has 0 aliphatic carbocycles. The summed E-state index contributed by atoms with van der Waals surface area (Å²) in [6.07, 6.45) is 0. The number of aromatic carboxylic acids is 3. The van der Waals surface area contributed by atoms with Gasteiger partial charge in [-0.25, -0.2) is 14.4 Å². The van der Waals surface area contributed by atoms with E-state index in [4.69, 9.17) is 0 Å². The van der Waals surface area contributed by atoms with Gasteiger partial charge in [0, 0.05) is 5.56 Å². The Kier molecular flexibility index (Phi) is 7.84. The largest absolute Gasteiger partial charge is 0.505 e. The van der Waals surface area contributed by atoms with Gasteiger partial charge in [-0.15, -0.1) is 10.2 Å². The van der Waals surface area contributed by atoms with Crippen molar-refractivity contribution in [1.29, 1.82) is 0 Å². The highest BCUT2D eigenvalue weighted by molar-refractivity contribution is 7.85. The Bertz CT molecular complexity index is 1630. The number of nitrogens with zero attached hydrogens (tertiary/aromatic N) is 3. The first kappa shape index (κ1) is 27.4. The van der Waals surface area contributed by atoms with Gasteiger partial charge in [0.05, 0.1) is 27.3 Å². The molecule has 0 spiro atoms. The second-order valence-electron chi connectivity index (χ2n) is 7.55. The minimum Gasteiger partial charge on any atom is -0.505 e. The zero-order valence-corrected chi connectivity index (χ0v) is 20.0. The van der Waals surface area contributed by atoms with Crippen molar-refractivity contribution >= 4 is 45.2 Å². The molecule has 0 aliphatic rings. The van der Waals surface area contributed by atoms with Gasteiger partial charge in [0.2, 0.25) is 5.84 Å². The first-order valence-corrected chi connectivity index (χ1v) is 11.7. The normalized spacial score (nSPS) is 11.9. The third-order valence-corrected chi connectivity index (χ3v) is 5.81. The lowest BCUT2D eigenvalue weighted by Crippen LogP contribution is -2.09. The third-order valence-electron chi connectivity index (χ3n) is 4.98. The topological polar surface area (TPSA) is 236 Å². The summed E-state index contributed by atoms with van der Waals surface area (Å²) < 4.78 is 32.5. The summed E-state index contributed by atoms with van der Waals surface area (Å²) in [6.45, 7) is 1.35. The molecule has 0 heterocycles. The van der Waals surface area contributed by atoms with Crippen LogP contribution in [-0.2, 0) is 10.1 Å². The zero-order valence-electron chi connectivity index (χ0n) is 19.2. The number of carboxylic acid groups (broad SMARTS) is 3. The van der Waals surface area contributed by atoms with E-state index < -0.39 is 50.1 Å². The van der Waals surface area contributed by atoms with Crippen LogP contribution < -0.4 is 5.43 Å². The fourth-order valence-corrected chi connectivity index (χ4v) is 3.72. The molecule has 196 valence electrons. The molecule has 6 N–H and O–H groups in total. The van der Waals surface area contributed by atoms with Gasteiger partial charge in [0.1, 0.15) is 11.4 Å². The van der Waals surface area contributed by atoms with Crippen LogP contribution in [0.15, 0.2) is 74.8 Å². The highest BCUT2D eigenvalue weighted by Crippen LogP contribution is 2.31. The first-order chi connectivity index (χ1) is 17.8. The smallest absolute Gasteiger partial charge is 0.337 e. The van der Waals surface area contributed by atoms with Crippen molar-refractivity contribution in [1.82, 2.24) is 0 Å². The van der Waals surface area contributed by atoms with E-state index in [9.17, 15) is 47.8 Å². The van der Waals surface area contributed by atoms with Gasteiger partial charge < -0.3 is 20.4 Å². The number of nitrogens with one attached hydrogen (secondary N) is 1. The number of anilines is 1. The molecule has 0 aliphatic heterocycles. The summed E-state index contributed by atoms with van der Waals surface area (Å²) in [6, 6.07) is 10.2. The zero-order chi connectivity index (χ0) is 28.2. The number of carbonyl (C=O) groups is 3. The van der Waals surface area contributed by atoms with E-state index in [-0.39, 0.29) is 33.6 Å². The molecule has 0 unspecified atom stereocenters. The van der Waals surface area contributed by atoms with Gasteiger partial charge in [-0.05, 0) is 48.9 Å². The molecule has 0 radical (unpaired) electrons. The molecule has 0 amide bonds. The van der Waals surface area contributed by atoms with Gasteiger partial charge in [-0.3, -0.25) is 9.98 Å². The number of amidine groups is 1. The fraction of sp³-hybridized carbons (Fsp3) is 0.0435. The Morgan fingerprint density at radius 2 is 1.47 bits per heavy atom. The van der Waals surface area contributed by atoms with E-state index in [0.717, 1.165) is 30.3 Å². The van der Waals surface area contributed by atoms with E-state index in [1.54, 1.807) is 0 Å². The lowest BCUT2D eigenvalue weighted by atomic mass is 10.1. The number of aryl methyl sites for hydroxylation is 1. The second-order valence-corrected chi connectivity index (χ2v) is 8.97. The van der Waals surface area contributed by atoms with E-state index in [0.29, 0.717) is 0 Å². The van der Waals surface area contributed by atoms with E-state index in [2.05, 4.69) is 20.8 Å². The number of hydrogen-bond donors (Lipinski definition) is 6.